The van der Waals surface area contributed by atoms with Gasteiger partial charge in [-0.2, -0.15) is 31.4 Å². The Hall–Kier alpha value is -4.47. The van der Waals surface area contributed by atoms with E-state index in [0.29, 0.717) is 16.1 Å². The van der Waals surface area contributed by atoms with Crippen LogP contribution in [0, 0.1) is 11.8 Å². The Morgan fingerprint density at radius 3 is 2.17 bits per heavy atom. The van der Waals surface area contributed by atoms with Crippen LogP contribution in [-0.2, 0) is 17.1 Å². The molecule has 0 bridgehead atoms. The summed E-state index contributed by atoms with van der Waals surface area (Å²) in [5, 5.41) is 6.11. The minimum Gasteiger partial charge on any atom is -0.295 e. The predicted octanol–water partition coefficient (Wildman–Crippen LogP) is 4.58. The van der Waals surface area contributed by atoms with Gasteiger partial charge in [0.1, 0.15) is 0 Å². The lowest BCUT2D eigenvalue weighted by Gasteiger charge is -2.12. The highest BCUT2D eigenvalue weighted by molar-refractivity contribution is 5.86. The van der Waals surface area contributed by atoms with Gasteiger partial charge in [-0.05, 0) is 18.2 Å². The molecule has 7 nitrogen and oxygen atoms in total. The Bertz CT molecular complexity index is 1460. The molecule has 0 unspecified atom stereocenters. The molecule has 1 N–H and O–H groups in total. The van der Waals surface area contributed by atoms with E-state index < -0.39 is 23.6 Å². The fraction of sp³-hybridized carbons (Fsp3) is 0.136. The molecule has 0 fully saturated rings. The monoisotopic (exact) mass is 490 g/mol. The number of carbonyl (C=O) groups excluding carboxylic acids is 1. The maximum atomic E-state index is 13.7. The minimum atomic E-state index is -4.83. The van der Waals surface area contributed by atoms with Crippen LogP contribution in [-0.4, -0.2) is 30.5 Å². The van der Waals surface area contributed by atoms with E-state index in [-0.39, 0.29) is 34.3 Å². The lowest BCUT2D eigenvalue weighted by molar-refractivity contribution is -0.142. The molecule has 3 aromatic heterocycles. The Kier molecular flexibility index (Phi) is 5.89. The van der Waals surface area contributed by atoms with Crippen LogP contribution >= 0.6 is 0 Å². The summed E-state index contributed by atoms with van der Waals surface area (Å²) in [6, 6.07) is 4.30. The molecule has 0 atom stereocenters. The summed E-state index contributed by atoms with van der Waals surface area (Å²) < 4.78 is 80.2. The number of halogens is 6. The van der Waals surface area contributed by atoms with Crippen molar-refractivity contribution in [1.29, 1.82) is 0 Å². The average molecular weight is 490 g/mol. The van der Waals surface area contributed by atoms with Gasteiger partial charge in [-0.15, -0.1) is 0 Å². The van der Waals surface area contributed by atoms with Crippen molar-refractivity contribution >= 4 is 17.5 Å². The molecular formula is C22H12F6N6O. The summed E-state index contributed by atoms with van der Waals surface area (Å²) in [5.41, 5.74) is -2.17. The average Bonchev–Trinajstić information content (AvgIpc) is 3.19. The van der Waals surface area contributed by atoms with E-state index >= 15 is 0 Å². The van der Waals surface area contributed by atoms with Crippen molar-refractivity contribution in [3.8, 4) is 23.1 Å². The highest BCUT2D eigenvalue weighted by Crippen LogP contribution is 2.34. The number of hydrogen-bond acceptors (Lipinski definition) is 5. The molecule has 0 spiro atoms. The number of hydrogen-bond donors (Lipinski definition) is 1. The van der Waals surface area contributed by atoms with Crippen LogP contribution in [0.4, 0.5) is 32.3 Å². The molecule has 0 aliphatic rings. The van der Waals surface area contributed by atoms with Crippen molar-refractivity contribution in [2.45, 2.75) is 19.3 Å². The number of carbonyl (C=O) groups is 1. The highest BCUT2D eigenvalue weighted by atomic mass is 19.4. The van der Waals surface area contributed by atoms with Gasteiger partial charge in [0.05, 0.1) is 28.6 Å². The van der Waals surface area contributed by atoms with E-state index in [1.165, 1.54) is 19.3 Å². The Labute approximate surface area is 192 Å². The summed E-state index contributed by atoms with van der Waals surface area (Å²) in [6.45, 7) is 1.28. The van der Waals surface area contributed by atoms with Crippen LogP contribution in [0.5, 0.6) is 0 Å². The Morgan fingerprint density at radius 1 is 0.943 bits per heavy atom. The summed E-state index contributed by atoms with van der Waals surface area (Å²) in [7, 11) is 0. The number of fused-ring (bicyclic) bond motifs is 1. The molecule has 4 aromatic rings. The van der Waals surface area contributed by atoms with Crippen molar-refractivity contribution in [1.82, 2.24) is 24.6 Å². The zero-order chi connectivity index (χ0) is 25.4. The predicted molar refractivity (Wildman–Crippen MR) is 111 cm³/mol. The third kappa shape index (κ3) is 5.21. The fourth-order valence-electron chi connectivity index (χ4n) is 2.98. The zero-order valence-electron chi connectivity index (χ0n) is 17.5. The molecule has 1 aromatic carbocycles. The van der Waals surface area contributed by atoms with Crippen molar-refractivity contribution in [3.05, 3.63) is 71.3 Å². The van der Waals surface area contributed by atoms with E-state index in [4.69, 9.17) is 0 Å². The fourth-order valence-corrected chi connectivity index (χ4v) is 2.98. The Balaban J connectivity index is 1.77. The third-order valence-electron chi connectivity index (χ3n) is 4.55. The molecule has 1 amide bonds. The van der Waals surface area contributed by atoms with Gasteiger partial charge in [0, 0.05) is 24.9 Å². The first kappa shape index (κ1) is 23.7. The van der Waals surface area contributed by atoms with Crippen LogP contribution in [0.15, 0.2) is 48.9 Å². The molecule has 4 rings (SSSR count). The van der Waals surface area contributed by atoms with Gasteiger partial charge in [-0.25, -0.2) is 19.5 Å². The summed E-state index contributed by atoms with van der Waals surface area (Å²) in [4.78, 5) is 23.0. The lowest BCUT2D eigenvalue weighted by Crippen LogP contribution is -2.13. The molecule has 0 radical (unpaired) electrons. The first-order valence-corrected chi connectivity index (χ1v) is 9.67. The van der Waals surface area contributed by atoms with E-state index in [9.17, 15) is 31.1 Å². The summed E-state index contributed by atoms with van der Waals surface area (Å²) >= 11 is 0. The number of nitrogens with zero attached hydrogens (tertiary/aromatic N) is 5. The van der Waals surface area contributed by atoms with Crippen molar-refractivity contribution < 1.29 is 31.1 Å². The maximum absolute atomic E-state index is 13.7. The summed E-state index contributed by atoms with van der Waals surface area (Å²) in [6.07, 6.45) is -5.72. The Morgan fingerprint density at radius 2 is 1.60 bits per heavy atom. The number of aromatic nitrogens is 5. The van der Waals surface area contributed by atoms with Crippen molar-refractivity contribution in [2.24, 2.45) is 0 Å². The first-order chi connectivity index (χ1) is 16.4. The first-order valence-electron chi connectivity index (χ1n) is 9.67. The van der Waals surface area contributed by atoms with Crippen LogP contribution in [0.25, 0.3) is 16.9 Å². The molecule has 178 valence electrons. The number of nitrogens with one attached hydrogen (secondary N) is 1. The van der Waals surface area contributed by atoms with E-state index in [2.05, 4.69) is 37.2 Å². The number of amides is 1. The number of rotatable bonds is 2. The molecule has 35 heavy (non-hydrogen) atoms. The van der Waals surface area contributed by atoms with Crippen LogP contribution in [0.2, 0.25) is 0 Å². The molecule has 0 aliphatic carbocycles. The van der Waals surface area contributed by atoms with Gasteiger partial charge in [0.25, 0.3) is 0 Å². The van der Waals surface area contributed by atoms with Crippen LogP contribution in [0.3, 0.4) is 0 Å². The normalized spacial score (nSPS) is 11.7. The van der Waals surface area contributed by atoms with Crippen LogP contribution in [0.1, 0.15) is 29.3 Å². The van der Waals surface area contributed by atoms with E-state index in [1.54, 1.807) is 0 Å². The maximum Gasteiger partial charge on any atom is 0.433 e. The van der Waals surface area contributed by atoms with Gasteiger partial charge in [-0.3, -0.25) is 10.1 Å². The molecule has 13 heteroatoms. The van der Waals surface area contributed by atoms with Crippen molar-refractivity contribution in [2.75, 3.05) is 5.32 Å². The smallest absolute Gasteiger partial charge is 0.295 e. The minimum absolute atomic E-state index is 0.0372. The van der Waals surface area contributed by atoms with Gasteiger partial charge in [-0.1, -0.05) is 24.0 Å². The standard InChI is InChI=1S/C22H12F6N6O/c1-12(35)32-20-29-9-13(10-30-20)2-3-15-11-31-34-18(22(26,27)28)8-17(33-19(15)34)14-4-6-16(7-5-14)21(23,24)25/h4-11H,1H3,(H,29,30,32,35). The van der Waals surface area contributed by atoms with Gasteiger partial charge >= 0.3 is 12.4 Å². The van der Waals surface area contributed by atoms with E-state index in [0.717, 1.165) is 30.5 Å². The number of alkyl halides is 6. The second-order valence-corrected chi connectivity index (χ2v) is 7.12. The molecule has 0 saturated carbocycles. The second-order valence-electron chi connectivity index (χ2n) is 7.12. The van der Waals surface area contributed by atoms with Gasteiger partial charge in [0.2, 0.25) is 11.9 Å². The van der Waals surface area contributed by atoms with Crippen molar-refractivity contribution in [3.63, 3.8) is 0 Å². The SMILES string of the molecule is CC(=O)Nc1ncc(C#Cc2cnn3c(C(F)(F)F)cc(-c4ccc(C(F)(F)F)cc4)nc23)cn1. The zero-order valence-corrected chi connectivity index (χ0v) is 17.5. The second kappa shape index (κ2) is 8.71. The van der Waals surface area contributed by atoms with Gasteiger partial charge < -0.3 is 0 Å². The van der Waals surface area contributed by atoms with E-state index in [1.807, 2.05) is 0 Å². The lowest BCUT2D eigenvalue weighted by atomic mass is 10.1. The largest absolute Gasteiger partial charge is 0.433 e. The quantitative estimate of drug-likeness (QED) is 0.329. The molecular weight excluding hydrogens is 478 g/mol. The molecule has 0 saturated heterocycles. The third-order valence-corrected chi connectivity index (χ3v) is 4.55. The van der Waals surface area contributed by atoms with Gasteiger partial charge in [0.15, 0.2) is 11.3 Å². The summed E-state index contributed by atoms with van der Waals surface area (Å²) in [5.74, 6) is 5.01. The molecule has 0 aliphatic heterocycles. The number of benzene rings is 1. The molecule has 3 heterocycles. The highest BCUT2D eigenvalue weighted by Gasteiger charge is 2.36. The topological polar surface area (TPSA) is 85.1 Å². The van der Waals surface area contributed by atoms with Crippen LogP contribution < -0.4 is 5.32 Å². The number of anilines is 1.